The van der Waals surface area contributed by atoms with Crippen LogP contribution in [0.15, 0.2) is 35.5 Å². The lowest BCUT2D eigenvalue weighted by Gasteiger charge is -2.25. The van der Waals surface area contributed by atoms with E-state index < -0.39 is 10.0 Å². The molecule has 0 bridgehead atoms. The summed E-state index contributed by atoms with van der Waals surface area (Å²) in [6.45, 7) is 3.80. The number of rotatable bonds is 4. The summed E-state index contributed by atoms with van der Waals surface area (Å²) in [6, 6.07) is 5.19. The van der Waals surface area contributed by atoms with Crippen molar-refractivity contribution >= 4 is 10.0 Å². The Morgan fingerprint density at radius 1 is 1.38 bits per heavy atom. The SMILES string of the molecule is Cc1nccn1C[C@@H]1CCCN1S(=O)(=O)c1ccc2c(c1)CCO2. The van der Waals surface area contributed by atoms with Crippen LogP contribution in [0.4, 0.5) is 0 Å². The topological polar surface area (TPSA) is 64.4 Å². The maximum absolute atomic E-state index is 13.1. The van der Waals surface area contributed by atoms with E-state index in [4.69, 9.17) is 4.74 Å². The number of imidazole rings is 1. The first-order valence-corrected chi connectivity index (χ1v) is 9.75. The van der Waals surface area contributed by atoms with Gasteiger partial charge >= 0.3 is 0 Å². The van der Waals surface area contributed by atoms with Gasteiger partial charge in [-0.3, -0.25) is 0 Å². The first kappa shape index (κ1) is 15.7. The number of aryl methyl sites for hydroxylation is 1. The summed E-state index contributed by atoms with van der Waals surface area (Å²) in [4.78, 5) is 4.60. The standard InChI is InChI=1S/C17H21N3O3S/c1-13-18-7-9-19(13)12-15-3-2-8-20(15)24(21,22)16-4-5-17-14(11-16)6-10-23-17/h4-5,7,9,11,15H,2-3,6,8,10,12H2,1H3/t15-/m0/s1. The molecule has 1 saturated heterocycles. The highest BCUT2D eigenvalue weighted by Crippen LogP contribution is 2.32. The van der Waals surface area contributed by atoms with Gasteiger partial charge in [-0.1, -0.05) is 0 Å². The van der Waals surface area contributed by atoms with Crippen LogP contribution in [0.2, 0.25) is 0 Å². The third kappa shape index (κ3) is 2.61. The lowest BCUT2D eigenvalue weighted by molar-refractivity contribution is 0.350. The second kappa shape index (κ2) is 5.89. The summed E-state index contributed by atoms with van der Waals surface area (Å²) in [5, 5.41) is 0. The van der Waals surface area contributed by atoms with E-state index in [-0.39, 0.29) is 6.04 Å². The number of nitrogens with zero attached hydrogens (tertiary/aromatic N) is 3. The summed E-state index contributed by atoms with van der Waals surface area (Å²) in [5.41, 5.74) is 0.984. The molecule has 4 rings (SSSR count). The van der Waals surface area contributed by atoms with Crippen molar-refractivity contribution in [3.8, 4) is 5.75 Å². The molecule has 0 N–H and O–H groups in total. The molecule has 0 amide bonds. The molecule has 2 aliphatic heterocycles. The van der Waals surface area contributed by atoms with E-state index in [9.17, 15) is 8.42 Å². The molecule has 0 radical (unpaired) electrons. The maximum Gasteiger partial charge on any atom is 0.243 e. The summed E-state index contributed by atoms with van der Waals surface area (Å²) in [5.74, 6) is 1.72. The number of hydrogen-bond acceptors (Lipinski definition) is 4. The molecular formula is C17H21N3O3S. The van der Waals surface area contributed by atoms with Crippen molar-refractivity contribution in [2.24, 2.45) is 0 Å². The Morgan fingerprint density at radius 2 is 2.25 bits per heavy atom. The third-order valence-corrected chi connectivity index (χ3v) is 6.87. The fraction of sp³-hybridized carbons (Fsp3) is 0.471. The fourth-order valence-electron chi connectivity index (χ4n) is 3.59. The molecule has 0 spiro atoms. The first-order chi connectivity index (χ1) is 11.6. The largest absolute Gasteiger partial charge is 0.493 e. The number of hydrogen-bond donors (Lipinski definition) is 0. The number of sulfonamides is 1. The highest BCUT2D eigenvalue weighted by molar-refractivity contribution is 7.89. The second-order valence-electron chi connectivity index (χ2n) is 6.41. The Kier molecular flexibility index (Phi) is 3.85. The summed E-state index contributed by atoms with van der Waals surface area (Å²) in [7, 11) is -3.48. The average Bonchev–Trinajstić information content (AvgIpc) is 3.29. The fourth-order valence-corrected chi connectivity index (χ4v) is 5.33. The molecule has 2 aromatic rings. The zero-order valence-corrected chi connectivity index (χ0v) is 14.5. The van der Waals surface area contributed by atoms with Gasteiger partial charge in [0.25, 0.3) is 0 Å². The molecule has 7 heteroatoms. The van der Waals surface area contributed by atoms with Crippen LogP contribution < -0.4 is 4.74 Å². The van der Waals surface area contributed by atoms with Gasteiger partial charge in [-0.25, -0.2) is 13.4 Å². The van der Waals surface area contributed by atoms with E-state index in [1.165, 1.54) is 0 Å². The van der Waals surface area contributed by atoms with E-state index >= 15 is 0 Å². The lowest BCUT2D eigenvalue weighted by Crippen LogP contribution is -2.38. The Labute approximate surface area is 142 Å². The van der Waals surface area contributed by atoms with E-state index in [0.717, 1.165) is 36.4 Å². The van der Waals surface area contributed by atoms with Gasteiger partial charge < -0.3 is 9.30 Å². The smallest absolute Gasteiger partial charge is 0.243 e. The van der Waals surface area contributed by atoms with Gasteiger partial charge in [0.05, 0.1) is 11.5 Å². The first-order valence-electron chi connectivity index (χ1n) is 8.31. The Hall–Kier alpha value is -1.86. The van der Waals surface area contributed by atoms with Gasteiger partial charge in [0, 0.05) is 37.9 Å². The van der Waals surface area contributed by atoms with Gasteiger partial charge in [-0.2, -0.15) is 4.31 Å². The number of ether oxygens (including phenoxy) is 1. The van der Waals surface area contributed by atoms with E-state index in [2.05, 4.69) is 4.98 Å². The summed E-state index contributed by atoms with van der Waals surface area (Å²) in [6.07, 6.45) is 6.21. The molecule has 0 saturated carbocycles. The van der Waals surface area contributed by atoms with Gasteiger partial charge in [-0.15, -0.1) is 0 Å². The van der Waals surface area contributed by atoms with E-state index in [0.29, 0.717) is 24.6 Å². The quantitative estimate of drug-likeness (QED) is 0.848. The third-order valence-electron chi connectivity index (χ3n) is 4.92. The van der Waals surface area contributed by atoms with Gasteiger partial charge in [-0.05, 0) is 43.5 Å². The van der Waals surface area contributed by atoms with Crippen LogP contribution in [-0.4, -0.2) is 41.5 Å². The number of benzene rings is 1. The van der Waals surface area contributed by atoms with Gasteiger partial charge in [0.1, 0.15) is 11.6 Å². The van der Waals surface area contributed by atoms with Crippen LogP contribution in [0.1, 0.15) is 24.2 Å². The molecule has 128 valence electrons. The molecule has 1 aromatic carbocycles. The minimum atomic E-state index is -3.48. The molecule has 0 unspecified atom stereocenters. The molecule has 24 heavy (non-hydrogen) atoms. The summed E-state index contributed by atoms with van der Waals surface area (Å²) >= 11 is 0. The van der Waals surface area contributed by atoms with Crippen LogP contribution in [0.3, 0.4) is 0 Å². The predicted molar refractivity (Wildman–Crippen MR) is 89.5 cm³/mol. The Balaban J connectivity index is 1.62. The van der Waals surface area contributed by atoms with Crippen molar-refractivity contribution in [1.29, 1.82) is 0 Å². The average molecular weight is 347 g/mol. The van der Waals surface area contributed by atoms with Crippen molar-refractivity contribution in [3.05, 3.63) is 42.0 Å². The van der Waals surface area contributed by atoms with E-state index in [1.807, 2.05) is 17.7 Å². The van der Waals surface area contributed by atoms with Crippen LogP contribution in [0.25, 0.3) is 0 Å². The molecule has 1 aromatic heterocycles. The molecule has 1 fully saturated rings. The van der Waals surface area contributed by atoms with Gasteiger partial charge in [0.15, 0.2) is 0 Å². The minimum absolute atomic E-state index is 0.0209. The second-order valence-corrected chi connectivity index (χ2v) is 8.30. The highest BCUT2D eigenvalue weighted by Gasteiger charge is 2.36. The van der Waals surface area contributed by atoms with Crippen LogP contribution in [0.5, 0.6) is 5.75 Å². The lowest BCUT2D eigenvalue weighted by atomic mass is 10.2. The van der Waals surface area contributed by atoms with Crippen LogP contribution in [-0.2, 0) is 23.0 Å². The number of aromatic nitrogens is 2. The molecule has 3 heterocycles. The van der Waals surface area contributed by atoms with Crippen molar-refractivity contribution in [2.75, 3.05) is 13.2 Å². The molecule has 6 nitrogen and oxygen atoms in total. The van der Waals surface area contributed by atoms with Crippen LogP contribution >= 0.6 is 0 Å². The highest BCUT2D eigenvalue weighted by atomic mass is 32.2. The molecule has 2 aliphatic rings. The minimum Gasteiger partial charge on any atom is -0.493 e. The maximum atomic E-state index is 13.1. The Bertz CT molecular complexity index is 860. The molecular weight excluding hydrogens is 326 g/mol. The van der Waals surface area contributed by atoms with Crippen LogP contribution in [0, 0.1) is 6.92 Å². The van der Waals surface area contributed by atoms with Gasteiger partial charge in [0.2, 0.25) is 10.0 Å². The van der Waals surface area contributed by atoms with Crippen molar-refractivity contribution in [3.63, 3.8) is 0 Å². The zero-order valence-electron chi connectivity index (χ0n) is 13.7. The normalized spacial score (nSPS) is 21.0. The summed E-state index contributed by atoms with van der Waals surface area (Å²) < 4.78 is 35.4. The molecule has 1 atom stereocenters. The van der Waals surface area contributed by atoms with Crippen molar-refractivity contribution in [1.82, 2.24) is 13.9 Å². The number of fused-ring (bicyclic) bond motifs is 1. The zero-order chi connectivity index (χ0) is 16.7. The predicted octanol–water partition coefficient (Wildman–Crippen LogP) is 1.98. The van der Waals surface area contributed by atoms with E-state index in [1.54, 1.807) is 28.7 Å². The van der Waals surface area contributed by atoms with Crippen molar-refractivity contribution in [2.45, 2.75) is 43.7 Å². The Morgan fingerprint density at radius 3 is 3.04 bits per heavy atom. The molecule has 0 aliphatic carbocycles. The monoisotopic (exact) mass is 347 g/mol. The van der Waals surface area contributed by atoms with Crippen molar-refractivity contribution < 1.29 is 13.2 Å².